The Kier molecular flexibility index (Phi) is 7.10. The number of esters is 1. The van der Waals surface area contributed by atoms with Gasteiger partial charge in [-0.2, -0.15) is 0 Å². The van der Waals surface area contributed by atoms with Gasteiger partial charge >= 0.3 is 5.97 Å². The summed E-state index contributed by atoms with van der Waals surface area (Å²) < 4.78 is 10.5. The Labute approximate surface area is 154 Å². The van der Waals surface area contributed by atoms with E-state index in [1.54, 1.807) is 35.6 Å². The van der Waals surface area contributed by atoms with E-state index < -0.39 is 18.5 Å². The highest BCUT2D eigenvalue weighted by Crippen LogP contribution is 2.16. The van der Waals surface area contributed by atoms with Gasteiger partial charge in [-0.05, 0) is 31.2 Å². The highest BCUT2D eigenvalue weighted by molar-refractivity contribution is 7.09. The molecule has 2 amide bonds. The van der Waals surface area contributed by atoms with E-state index in [0.29, 0.717) is 17.9 Å². The first-order chi connectivity index (χ1) is 12.5. The van der Waals surface area contributed by atoms with Gasteiger partial charge in [-0.1, -0.05) is 0 Å². The molecule has 0 spiro atoms. The second kappa shape index (κ2) is 9.52. The molecule has 2 N–H and O–H groups in total. The molecule has 0 aliphatic rings. The standard InChI is InChI=1S/C17H19N3O5S/c1-11-20-13(10-26-11)8-24-14-5-3-12(4-6-14)17(23)25-9-16(22)19-7-15(21)18-2/h3-6,10H,7-9H2,1-2H3,(H,18,21)(H,19,22). The number of aryl methyl sites for hydroxylation is 1. The van der Waals surface area contributed by atoms with Crippen LogP contribution in [0.3, 0.4) is 0 Å². The molecular formula is C17H19N3O5S. The summed E-state index contributed by atoms with van der Waals surface area (Å²) in [7, 11) is 1.46. The van der Waals surface area contributed by atoms with E-state index in [0.717, 1.165) is 10.7 Å². The number of thiazole rings is 1. The van der Waals surface area contributed by atoms with E-state index in [1.165, 1.54) is 7.05 Å². The van der Waals surface area contributed by atoms with Gasteiger partial charge in [0.1, 0.15) is 12.4 Å². The number of amides is 2. The van der Waals surface area contributed by atoms with Crippen molar-refractivity contribution in [1.82, 2.24) is 15.6 Å². The molecule has 9 heteroatoms. The molecule has 26 heavy (non-hydrogen) atoms. The molecule has 0 fully saturated rings. The normalized spacial score (nSPS) is 10.1. The highest BCUT2D eigenvalue weighted by Gasteiger charge is 2.11. The average Bonchev–Trinajstić information content (AvgIpc) is 3.08. The number of carbonyl (C=O) groups is 3. The summed E-state index contributed by atoms with van der Waals surface area (Å²) >= 11 is 1.55. The number of nitrogens with zero attached hydrogens (tertiary/aromatic N) is 1. The molecule has 2 aromatic rings. The van der Waals surface area contributed by atoms with Crippen LogP contribution in [0.4, 0.5) is 0 Å². The number of carbonyl (C=O) groups excluding carboxylic acids is 3. The van der Waals surface area contributed by atoms with Crippen LogP contribution in [0.5, 0.6) is 5.75 Å². The summed E-state index contributed by atoms with van der Waals surface area (Å²) in [5, 5.41) is 7.59. The third-order valence-corrected chi connectivity index (χ3v) is 4.02. The third kappa shape index (κ3) is 6.17. The Bertz CT molecular complexity index is 773. The fourth-order valence-electron chi connectivity index (χ4n) is 1.85. The summed E-state index contributed by atoms with van der Waals surface area (Å²) in [4.78, 5) is 38.7. The number of ether oxygens (including phenoxy) is 2. The lowest BCUT2D eigenvalue weighted by atomic mass is 10.2. The van der Waals surface area contributed by atoms with Gasteiger partial charge in [-0.15, -0.1) is 11.3 Å². The van der Waals surface area contributed by atoms with Crippen LogP contribution in [0.1, 0.15) is 21.1 Å². The second-order valence-electron chi connectivity index (χ2n) is 5.20. The van der Waals surface area contributed by atoms with Crippen molar-refractivity contribution in [3.63, 3.8) is 0 Å². The number of rotatable bonds is 8. The van der Waals surface area contributed by atoms with Gasteiger partial charge in [-0.25, -0.2) is 9.78 Å². The molecule has 0 aliphatic carbocycles. The fraction of sp³-hybridized carbons (Fsp3) is 0.294. The van der Waals surface area contributed by atoms with E-state index in [2.05, 4.69) is 15.6 Å². The van der Waals surface area contributed by atoms with Crippen molar-refractivity contribution in [3.05, 3.63) is 45.9 Å². The lowest BCUT2D eigenvalue weighted by Gasteiger charge is -2.07. The maximum atomic E-state index is 11.9. The maximum Gasteiger partial charge on any atom is 0.338 e. The van der Waals surface area contributed by atoms with Crippen LogP contribution in [0.2, 0.25) is 0 Å². The summed E-state index contributed by atoms with van der Waals surface area (Å²) in [6.45, 7) is 1.64. The van der Waals surface area contributed by atoms with Crippen LogP contribution in [0.15, 0.2) is 29.6 Å². The van der Waals surface area contributed by atoms with Crippen LogP contribution in [0, 0.1) is 6.92 Å². The second-order valence-corrected chi connectivity index (χ2v) is 6.26. The van der Waals surface area contributed by atoms with E-state index in [9.17, 15) is 14.4 Å². The molecule has 138 valence electrons. The molecule has 0 atom stereocenters. The Hall–Kier alpha value is -2.94. The van der Waals surface area contributed by atoms with Gasteiger partial charge in [0.05, 0.1) is 22.8 Å². The van der Waals surface area contributed by atoms with Crippen molar-refractivity contribution in [2.45, 2.75) is 13.5 Å². The molecule has 0 saturated carbocycles. The number of benzene rings is 1. The zero-order valence-electron chi connectivity index (χ0n) is 14.4. The third-order valence-electron chi connectivity index (χ3n) is 3.20. The van der Waals surface area contributed by atoms with Crippen molar-refractivity contribution >= 4 is 29.1 Å². The molecule has 1 aromatic heterocycles. The Morgan fingerprint density at radius 2 is 1.88 bits per heavy atom. The first kappa shape index (κ1) is 19.4. The van der Waals surface area contributed by atoms with Crippen molar-refractivity contribution in [3.8, 4) is 5.75 Å². The molecule has 2 rings (SSSR count). The molecule has 1 aromatic carbocycles. The lowest BCUT2D eigenvalue weighted by molar-refractivity contribution is -0.127. The number of aromatic nitrogens is 1. The molecule has 0 radical (unpaired) electrons. The minimum Gasteiger partial charge on any atom is -0.487 e. The van der Waals surface area contributed by atoms with Crippen molar-refractivity contribution < 1.29 is 23.9 Å². The van der Waals surface area contributed by atoms with E-state index in [4.69, 9.17) is 9.47 Å². The van der Waals surface area contributed by atoms with Gasteiger partial charge in [0.2, 0.25) is 5.91 Å². The molecule has 8 nitrogen and oxygen atoms in total. The zero-order chi connectivity index (χ0) is 18.9. The van der Waals surface area contributed by atoms with Crippen molar-refractivity contribution in [2.24, 2.45) is 0 Å². The Balaban J connectivity index is 1.77. The van der Waals surface area contributed by atoms with Gasteiger partial charge in [0.15, 0.2) is 6.61 Å². The van der Waals surface area contributed by atoms with Crippen LogP contribution in [-0.2, 0) is 20.9 Å². The van der Waals surface area contributed by atoms with Gasteiger partial charge in [-0.3, -0.25) is 9.59 Å². The lowest BCUT2D eigenvalue weighted by Crippen LogP contribution is -2.37. The minimum absolute atomic E-state index is 0.169. The average molecular weight is 377 g/mol. The molecule has 0 bridgehead atoms. The zero-order valence-corrected chi connectivity index (χ0v) is 15.2. The van der Waals surface area contributed by atoms with Crippen LogP contribution >= 0.6 is 11.3 Å². The molecular weight excluding hydrogens is 358 g/mol. The summed E-state index contributed by atoms with van der Waals surface area (Å²) in [5.74, 6) is -0.939. The van der Waals surface area contributed by atoms with Gasteiger partial charge in [0.25, 0.3) is 5.91 Å². The van der Waals surface area contributed by atoms with Gasteiger partial charge < -0.3 is 20.1 Å². The summed E-state index contributed by atoms with van der Waals surface area (Å²) in [6, 6.07) is 6.38. The van der Waals surface area contributed by atoms with Crippen LogP contribution in [-0.4, -0.2) is 43.0 Å². The van der Waals surface area contributed by atoms with Crippen LogP contribution < -0.4 is 15.4 Å². The Morgan fingerprint density at radius 1 is 1.15 bits per heavy atom. The SMILES string of the molecule is CNC(=O)CNC(=O)COC(=O)c1ccc(OCc2csc(C)n2)cc1. The highest BCUT2D eigenvalue weighted by atomic mass is 32.1. The predicted molar refractivity (Wildman–Crippen MR) is 95.0 cm³/mol. The van der Waals surface area contributed by atoms with E-state index in [-0.39, 0.29) is 12.5 Å². The smallest absolute Gasteiger partial charge is 0.338 e. The number of likely N-dealkylation sites (N-methyl/N-ethyl adjacent to an activating group) is 1. The molecule has 0 unspecified atom stereocenters. The molecule has 0 aliphatic heterocycles. The minimum atomic E-state index is -0.637. The largest absolute Gasteiger partial charge is 0.487 e. The molecule has 0 saturated heterocycles. The number of hydrogen-bond donors (Lipinski definition) is 2. The fourth-order valence-corrected chi connectivity index (χ4v) is 2.45. The summed E-state index contributed by atoms with van der Waals surface area (Å²) in [5.41, 5.74) is 1.14. The van der Waals surface area contributed by atoms with Gasteiger partial charge in [0, 0.05) is 12.4 Å². The first-order valence-electron chi connectivity index (χ1n) is 7.76. The summed E-state index contributed by atoms with van der Waals surface area (Å²) in [6.07, 6.45) is 0. The topological polar surface area (TPSA) is 107 Å². The predicted octanol–water partition coefficient (Wildman–Crippen LogP) is 1.05. The maximum absolute atomic E-state index is 11.9. The Morgan fingerprint density at radius 3 is 2.50 bits per heavy atom. The first-order valence-corrected chi connectivity index (χ1v) is 8.64. The van der Waals surface area contributed by atoms with Crippen molar-refractivity contribution in [2.75, 3.05) is 20.2 Å². The van der Waals surface area contributed by atoms with Crippen molar-refractivity contribution in [1.29, 1.82) is 0 Å². The van der Waals surface area contributed by atoms with Crippen LogP contribution in [0.25, 0.3) is 0 Å². The quantitative estimate of drug-likeness (QED) is 0.666. The monoisotopic (exact) mass is 377 g/mol. The molecule has 1 heterocycles. The van der Waals surface area contributed by atoms with E-state index in [1.807, 2.05) is 12.3 Å². The number of hydrogen-bond acceptors (Lipinski definition) is 7. The number of nitrogens with one attached hydrogen (secondary N) is 2. The van der Waals surface area contributed by atoms with E-state index >= 15 is 0 Å².